The van der Waals surface area contributed by atoms with E-state index in [1.165, 1.54) is 7.11 Å². The van der Waals surface area contributed by atoms with Crippen molar-refractivity contribution in [1.82, 2.24) is 10.6 Å². The van der Waals surface area contributed by atoms with Gasteiger partial charge in [0.05, 0.1) is 7.11 Å². The zero-order valence-corrected chi connectivity index (χ0v) is 28.1. The molecule has 2 aliphatic carbocycles. The number of benzene rings is 3. The quantitative estimate of drug-likeness (QED) is 0.189. The average Bonchev–Trinajstić information content (AvgIpc) is 3.06. The van der Waals surface area contributed by atoms with Gasteiger partial charge in [-0.05, 0) is 93.5 Å². The van der Waals surface area contributed by atoms with E-state index in [0.29, 0.717) is 65.4 Å². The Kier molecular flexibility index (Phi) is 11.6. The van der Waals surface area contributed by atoms with Gasteiger partial charge < -0.3 is 30.3 Å². The molecule has 2 amide bonds. The highest BCUT2D eigenvalue weighted by atomic mass is 35.5. The number of amides is 2. The molecule has 5 atom stereocenters. The van der Waals surface area contributed by atoms with Crippen molar-refractivity contribution >= 4 is 35.0 Å². The van der Waals surface area contributed by atoms with Gasteiger partial charge >= 0.3 is 0 Å². The molecule has 5 rings (SSSR count). The van der Waals surface area contributed by atoms with E-state index in [1.807, 2.05) is 6.07 Å². The van der Waals surface area contributed by atoms with Crippen LogP contribution in [0.15, 0.2) is 72.8 Å². The highest BCUT2D eigenvalue weighted by molar-refractivity contribution is 6.31. The van der Waals surface area contributed by atoms with Crippen molar-refractivity contribution in [2.75, 3.05) is 7.11 Å². The van der Waals surface area contributed by atoms with Crippen LogP contribution in [0.3, 0.4) is 0 Å². The van der Waals surface area contributed by atoms with E-state index >= 15 is 0 Å². The molecule has 0 radical (unpaired) electrons. The second-order valence-electron chi connectivity index (χ2n) is 12.3. The van der Waals surface area contributed by atoms with Crippen LogP contribution in [-0.2, 0) is 9.59 Å². The summed E-state index contributed by atoms with van der Waals surface area (Å²) in [4.78, 5) is 27.4. The van der Waals surface area contributed by atoms with Gasteiger partial charge in [0.25, 0.3) is 12.1 Å². The lowest BCUT2D eigenvalue weighted by atomic mass is 9.78. The second kappa shape index (κ2) is 15.8. The third kappa shape index (κ3) is 9.69. The van der Waals surface area contributed by atoms with Crippen LogP contribution in [0.1, 0.15) is 62.5 Å². The molecule has 2 saturated carbocycles. The number of carbonyl (C=O) groups is 2. The van der Waals surface area contributed by atoms with Gasteiger partial charge in [-0.1, -0.05) is 71.1 Å². The molecule has 250 valence electrons. The van der Waals surface area contributed by atoms with E-state index < -0.39 is 41.2 Å². The molecule has 0 saturated heterocycles. The van der Waals surface area contributed by atoms with Gasteiger partial charge in [0, 0.05) is 39.6 Å². The summed E-state index contributed by atoms with van der Waals surface area (Å²) in [5.74, 6) is 10.9. The van der Waals surface area contributed by atoms with Crippen LogP contribution in [0.5, 0.6) is 11.5 Å². The predicted octanol–water partition coefficient (Wildman–Crippen LogP) is 5.64. The Balaban J connectivity index is 1.30. The normalized spacial score (nSPS) is 24.0. The molecule has 3 aromatic carbocycles. The monoisotopic (exact) mass is 688 g/mol. The Labute approximate surface area is 291 Å². The number of ether oxygens (including phenoxy) is 2. The molecule has 3 aromatic rings. The third-order valence-electron chi connectivity index (χ3n) is 8.52. The minimum absolute atomic E-state index is 0.0936. The number of para-hydroxylation sites is 2. The number of hydrogen-bond donors (Lipinski definition) is 4. The Morgan fingerprint density at radius 2 is 1.42 bits per heavy atom. The van der Waals surface area contributed by atoms with Gasteiger partial charge in [-0.3, -0.25) is 9.59 Å². The minimum atomic E-state index is -1.42. The van der Waals surface area contributed by atoms with Gasteiger partial charge in [0.2, 0.25) is 5.91 Å². The summed E-state index contributed by atoms with van der Waals surface area (Å²) in [5, 5.41) is 29.4. The van der Waals surface area contributed by atoms with Crippen molar-refractivity contribution in [3.8, 4) is 35.2 Å². The summed E-state index contributed by atoms with van der Waals surface area (Å²) >= 11 is 12.2. The first-order valence-electron chi connectivity index (χ1n) is 16.0. The highest BCUT2D eigenvalue weighted by Crippen LogP contribution is 2.33. The Bertz CT molecular complexity index is 1760. The molecule has 4 N–H and O–H groups in total. The van der Waals surface area contributed by atoms with Crippen LogP contribution >= 0.6 is 23.2 Å². The molecule has 0 heterocycles. The van der Waals surface area contributed by atoms with Crippen molar-refractivity contribution in [2.45, 2.75) is 74.8 Å². The number of nitrogens with one attached hydrogen (secondary N) is 2. The molecule has 0 aromatic heterocycles. The van der Waals surface area contributed by atoms with Crippen molar-refractivity contribution in [3.05, 3.63) is 94.0 Å². The van der Waals surface area contributed by atoms with Gasteiger partial charge in [-0.25, -0.2) is 0 Å². The van der Waals surface area contributed by atoms with E-state index in [-0.39, 0.29) is 18.6 Å². The predicted molar refractivity (Wildman–Crippen MR) is 184 cm³/mol. The standard InChI is InChI=1S/C38H38Cl2N2O6/c1-47-32-14-2-3-15-33(32)48-36(35(44)41-31-13-7-19-38(46,25-31)21-17-27-9-5-12-30(40)23-27)42-34(43)28-10-6-18-37(45,24-28)20-16-26-8-4-11-29(39)22-26/h2-5,8-9,11-12,14-15,22-23,28,31,36,45-46H,6-7,10,13,18-19,24-25H2,1H3,(H,41,44)(H,42,43)/t28-,31-,36?,37+,38+/m0/s1. The van der Waals surface area contributed by atoms with E-state index in [4.69, 9.17) is 32.7 Å². The number of methoxy groups -OCH3 is 1. The zero-order valence-electron chi connectivity index (χ0n) is 26.6. The molecule has 0 spiro atoms. The lowest BCUT2D eigenvalue weighted by Crippen LogP contribution is -2.56. The van der Waals surface area contributed by atoms with Gasteiger partial charge in [0.1, 0.15) is 11.2 Å². The van der Waals surface area contributed by atoms with E-state index in [9.17, 15) is 19.8 Å². The Hall–Kier alpha value is -4.18. The molecule has 0 bridgehead atoms. The molecule has 2 fully saturated rings. The number of carbonyl (C=O) groups excluding carboxylic acids is 2. The first kappa shape index (κ1) is 35.1. The summed E-state index contributed by atoms with van der Waals surface area (Å²) < 4.78 is 11.5. The number of rotatable bonds is 7. The molecule has 0 aliphatic heterocycles. The van der Waals surface area contributed by atoms with Crippen LogP contribution in [0.2, 0.25) is 10.0 Å². The van der Waals surface area contributed by atoms with Crippen LogP contribution in [-0.4, -0.2) is 52.6 Å². The van der Waals surface area contributed by atoms with Gasteiger partial charge in [-0.2, -0.15) is 0 Å². The van der Waals surface area contributed by atoms with Crippen molar-refractivity contribution < 1.29 is 29.3 Å². The molecular formula is C38H38Cl2N2O6. The van der Waals surface area contributed by atoms with Crippen molar-refractivity contribution in [2.24, 2.45) is 5.92 Å². The van der Waals surface area contributed by atoms with Gasteiger partial charge in [0.15, 0.2) is 11.5 Å². The van der Waals surface area contributed by atoms with Gasteiger partial charge in [-0.15, -0.1) is 0 Å². The maximum absolute atomic E-state index is 13.8. The van der Waals surface area contributed by atoms with Crippen LogP contribution in [0.25, 0.3) is 0 Å². The van der Waals surface area contributed by atoms with E-state index in [0.717, 1.165) is 0 Å². The fourth-order valence-corrected chi connectivity index (χ4v) is 6.49. The van der Waals surface area contributed by atoms with Crippen molar-refractivity contribution in [1.29, 1.82) is 0 Å². The lowest BCUT2D eigenvalue weighted by molar-refractivity contribution is -0.139. The molecule has 1 unspecified atom stereocenters. The molecule has 2 aliphatic rings. The number of halogens is 2. The van der Waals surface area contributed by atoms with Crippen molar-refractivity contribution in [3.63, 3.8) is 0 Å². The first-order chi connectivity index (χ1) is 23.0. The zero-order chi connectivity index (χ0) is 34.1. The lowest BCUT2D eigenvalue weighted by Gasteiger charge is -2.35. The highest BCUT2D eigenvalue weighted by Gasteiger charge is 2.39. The van der Waals surface area contributed by atoms with Crippen LogP contribution < -0.4 is 20.1 Å². The maximum Gasteiger partial charge on any atom is 0.282 e. The summed E-state index contributed by atoms with van der Waals surface area (Å²) in [5.41, 5.74) is -1.36. The second-order valence-corrected chi connectivity index (χ2v) is 13.2. The first-order valence-corrected chi connectivity index (χ1v) is 16.7. The summed E-state index contributed by atoms with van der Waals surface area (Å²) in [6, 6.07) is 20.5. The van der Waals surface area contributed by atoms with Crippen LogP contribution in [0.4, 0.5) is 0 Å². The Morgan fingerprint density at radius 1 is 0.833 bits per heavy atom. The third-order valence-corrected chi connectivity index (χ3v) is 9.00. The number of aliphatic hydroxyl groups is 2. The topological polar surface area (TPSA) is 117 Å². The minimum Gasteiger partial charge on any atom is -0.493 e. The van der Waals surface area contributed by atoms with Crippen LogP contribution in [0, 0.1) is 29.6 Å². The summed E-state index contributed by atoms with van der Waals surface area (Å²) in [6.45, 7) is 0. The molecule has 8 nitrogen and oxygen atoms in total. The van der Waals surface area contributed by atoms with E-state index in [2.05, 4.69) is 34.3 Å². The largest absolute Gasteiger partial charge is 0.493 e. The average molecular weight is 690 g/mol. The SMILES string of the molecule is COc1ccccc1OC(NC(=O)[C@H]1CCC[C@@](O)(C#Cc2cccc(Cl)c2)C1)C(=O)N[C@H]1CCC[C@@](O)(C#Cc2cccc(Cl)c2)C1. The fraction of sp³-hybridized carbons (Fsp3) is 0.368. The summed E-state index contributed by atoms with van der Waals surface area (Å²) in [7, 11) is 1.48. The molecule has 10 heteroatoms. The molecule has 48 heavy (non-hydrogen) atoms. The fourth-order valence-electron chi connectivity index (χ4n) is 6.10. The van der Waals surface area contributed by atoms with E-state index in [1.54, 1.807) is 66.7 Å². The summed E-state index contributed by atoms with van der Waals surface area (Å²) in [6.07, 6.45) is 2.06. The Morgan fingerprint density at radius 3 is 2.02 bits per heavy atom. The maximum atomic E-state index is 13.8. The smallest absolute Gasteiger partial charge is 0.282 e. The molecular weight excluding hydrogens is 651 g/mol. The number of hydrogen-bond acceptors (Lipinski definition) is 6.